The van der Waals surface area contributed by atoms with Gasteiger partial charge in [-0.15, -0.1) is 0 Å². The standard InChI is InChI=1S/C19H19N3O6S/c1-26-10-9-21-14-8-7-12(22(24)25)11-16(14)29-19(21)20-18(23)13-5-4-6-15(27-2)17(13)28-3/h4-8,11H,9-10H2,1-3H3. The maximum absolute atomic E-state index is 12.9. The van der Waals surface area contributed by atoms with Gasteiger partial charge in [0.25, 0.3) is 11.6 Å². The molecule has 1 amide bonds. The summed E-state index contributed by atoms with van der Waals surface area (Å²) in [6.45, 7) is 0.836. The number of nitro benzene ring substituents is 1. The highest BCUT2D eigenvalue weighted by Gasteiger charge is 2.17. The monoisotopic (exact) mass is 417 g/mol. The van der Waals surface area contributed by atoms with Crippen molar-refractivity contribution in [2.45, 2.75) is 6.54 Å². The topological polar surface area (TPSA) is 105 Å². The molecule has 0 N–H and O–H groups in total. The molecule has 10 heteroatoms. The Labute approximate surface area is 169 Å². The number of hydrogen-bond acceptors (Lipinski definition) is 7. The molecule has 1 aromatic heterocycles. The van der Waals surface area contributed by atoms with E-state index in [4.69, 9.17) is 14.2 Å². The lowest BCUT2D eigenvalue weighted by Gasteiger charge is -2.10. The number of carbonyl (C=O) groups is 1. The van der Waals surface area contributed by atoms with Gasteiger partial charge in [0.15, 0.2) is 16.3 Å². The number of hydrogen-bond donors (Lipinski definition) is 0. The van der Waals surface area contributed by atoms with Crippen molar-refractivity contribution >= 4 is 33.1 Å². The van der Waals surface area contributed by atoms with Gasteiger partial charge in [-0.25, -0.2) is 0 Å². The van der Waals surface area contributed by atoms with Crippen LogP contribution >= 0.6 is 11.3 Å². The minimum atomic E-state index is -0.507. The van der Waals surface area contributed by atoms with Gasteiger partial charge in [0, 0.05) is 25.8 Å². The Morgan fingerprint density at radius 2 is 2.00 bits per heavy atom. The largest absolute Gasteiger partial charge is 0.493 e. The zero-order valence-electron chi connectivity index (χ0n) is 16.1. The molecule has 0 saturated carbocycles. The molecule has 152 valence electrons. The van der Waals surface area contributed by atoms with Crippen molar-refractivity contribution < 1.29 is 23.9 Å². The molecule has 0 bridgehead atoms. The molecule has 0 aliphatic carbocycles. The van der Waals surface area contributed by atoms with Gasteiger partial charge < -0.3 is 18.8 Å². The van der Waals surface area contributed by atoms with E-state index in [1.54, 1.807) is 35.9 Å². The Kier molecular flexibility index (Phi) is 6.25. The molecule has 1 heterocycles. The van der Waals surface area contributed by atoms with Crippen molar-refractivity contribution in [2.24, 2.45) is 4.99 Å². The van der Waals surface area contributed by atoms with Crippen molar-refractivity contribution in [2.75, 3.05) is 27.9 Å². The lowest BCUT2D eigenvalue weighted by molar-refractivity contribution is -0.384. The first-order chi connectivity index (χ1) is 14.0. The molecule has 0 fully saturated rings. The second kappa shape index (κ2) is 8.84. The van der Waals surface area contributed by atoms with Gasteiger partial charge in [-0.05, 0) is 18.2 Å². The van der Waals surface area contributed by atoms with Gasteiger partial charge in [0.05, 0.1) is 41.5 Å². The number of benzene rings is 2. The Morgan fingerprint density at radius 1 is 1.21 bits per heavy atom. The quantitative estimate of drug-likeness (QED) is 0.432. The van der Waals surface area contributed by atoms with Crippen molar-refractivity contribution in [3.05, 3.63) is 56.9 Å². The SMILES string of the molecule is COCCn1c(=NC(=O)c2cccc(OC)c2OC)sc2cc([N+](=O)[O-])ccc21. The van der Waals surface area contributed by atoms with Gasteiger partial charge in [0.1, 0.15) is 0 Å². The molecule has 0 aliphatic rings. The summed E-state index contributed by atoms with van der Waals surface area (Å²) < 4.78 is 18.2. The van der Waals surface area contributed by atoms with Gasteiger partial charge in [-0.2, -0.15) is 4.99 Å². The minimum absolute atomic E-state index is 0.0232. The van der Waals surface area contributed by atoms with Gasteiger partial charge in [-0.3, -0.25) is 14.9 Å². The Bertz CT molecular complexity index is 1130. The fourth-order valence-corrected chi connectivity index (χ4v) is 3.95. The summed E-state index contributed by atoms with van der Waals surface area (Å²) in [4.78, 5) is 28.2. The van der Waals surface area contributed by atoms with E-state index in [2.05, 4.69) is 4.99 Å². The van der Waals surface area contributed by atoms with Crippen LogP contribution in [0.25, 0.3) is 10.2 Å². The molecule has 0 radical (unpaired) electrons. The first kappa shape index (κ1) is 20.5. The number of para-hydroxylation sites is 1. The highest BCUT2D eigenvalue weighted by Crippen LogP contribution is 2.31. The smallest absolute Gasteiger partial charge is 0.283 e. The Hall–Kier alpha value is -3.24. The van der Waals surface area contributed by atoms with Crippen LogP contribution in [0.15, 0.2) is 41.4 Å². The molecular weight excluding hydrogens is 398 g/mol. The van der Waals surface area contributed by atoms with Crippen LogP contribution < -0.4 is 14.3 Å². The molecule has 3 aromatic rings. The van der Waals surface area contributed by atoms with E-state index in [1.165, 1.54) is 37.7 Å². The van der Waals surface area contributed by atoms with Crippen molar-refractivity contribution in [3.8, 4) is 11.5 Å². The fourth-order valence-electron chi connectivity index (χ4n) is 2.86. The Balaban J connectivity index is 2.16. The third kappa shape index (κ3) is 4.13. The molecular formula is C19H19N3O6S. The summed E-state index contributed by atoms with van der Waals surface area (Å²) in [6.07, 6.45) is 0. The normalized spacial score (nSPS) is 11.6. The molecule has 9 nitrogen and oxygen atoms in total. The van der Waals surface area contributed by atoms with E-state index < -0.39 is 10.8 Å². The molecule has 3 rings (SSSR count). The maximum atomic E-state index is 12.9. The number of methoxy groups -OCH3 is 3. The number of ether oxygens (including phenoxy) is 3. The van der Waals surface area contributed by atoms with E-state index in [0.717, 1.165) is 5.52 Å². The van der Waals surface area contributed by atoms with E-state index in [1.807, 2.05) is 0 Å². The predicted octanol–water partition coefficient (Wildman–Crippen LogP) is 3.02. The van der Waals surface area contributed by atoms with Gasteiger partial charge >= 0.3 is 0 Å². The van der Waals surface area contributed by atoms with Crippen LogP contribution in [0.5, 0.6) is 11.5 Å². The van der Waals surface area contributed by atoms with E-state index in [-0.39, 0.29) is 11.3 Å². The Morgan fingerprint density at radius 3 is 2.66 bits per heavy atom. The highest BCUT2D eigenvalue weighted by molar-refractivity contribution is 7.16. The first-order valence-corrected chi connectivity index (χ1v) is 9.38. The zero-order chi connectivity index (χ0) is 21.0. The van der Waals surface area contributed by atoms with Crippen molar-refractivity contribution in [1.82, 2.24) is 4.57 Å². The number of amides is 1. The predicted molar refractivity (Wildman–Crippen MR) is 108 cm³/mol. The number of fused-ring (bicyclic) bond motifs is 1. The number of nitrogens with zero attached hydrogens (tertiary/aromatic N) is 3. The molecule has 29 heavy (non-hydrogen) atoms. The van der Waals surface area contributed by atoms with Crippen LogP contribution in [-0.2, 0) is 11.3 Å². The number of carbonyl (C=O) groups excluding carboxylic acids is 1. The summed E-state index contributed by atoms with van der Waals surface area (Å²) in [5, 5.41) is 11.1. The van der Waals surface area contributed by atoms with E-state index in [9.17, 15) is 14.9 Å². The molecule has 0 spiro atoms. The van der Waals surface area contributed by atoms with Crippen molar-refractivity contribution in [1.29, 1.82) is 0 Å². The first-order valence-electron chi connectivity index (χ1n) is 8.57. The number of non-ortho nitro benzene ring substituents is 1. The summed E-state index contributed by atoms with van der Waals surface area (Å²) in [7, 11) is 4.51. The van der Waals surface area contributed by atoms with Crippen LogP contribution in [0.1, 0.15) is 10.4 Å². The van der Waals surface area contributed by atoms with Gasteiger partial charge in [0.2, 0.25) is 0 Å². The summed E-state index contributed by atoms with van der Waals surface area (Å²) in [6, 6.07) is 9.51. The fraction of sp³-hybridized carbons (Fsp3) is 0.263. The molecule has 2 aromatic carbocycles. The second-order valence-electron chi connectivity index (χ2n) is 5.90. The third-order valence-corrected chi connectivity index (χ3v) is 5.27. The molecule has 0 aliphatic heterocycles. The third-order valence-electron chi connectivity index (χ3n) is 4.23. The molecule has 0 atom stereocenters. The van der Waals surface area contributed by atoms with Crippen LogP contribution in [0.2, 0.25) is 0 Å². The van der Waals surface area contributed by atoms with Crippen LogP contribution in [0.4, 0.5) is 5.69 Å². The summed E-state index contributed by atoms with van der Waals surface area (Å²) >= 11 is 1.20. The highest BCUT2D eigenvalue weighted by atomic mass is 32.1. The molecule has 0 unspecified atom stereocenters. The van der Waals surface area contributed by atoms with E-state index >= 15 is 0 Å². The lowest BCUT2D eigenvalue weighted by atomic mass is 10.2. The van der Waals surface area contributed by atoms with Crippen molar-refractivity contribution in [3.63, 3.8) is 0 Å². The summed E-state index contributed by atoms with van der Waals surface area (Å²) in [5.41, 5.74) is 0.973. The number of aromatic nitrogens is 1. The number of nitro groups is 1. The van der Waals surface area contributed by atoms with Crippen LogP contribution in [-0.4, -0.2) is 43.3 Å². The van der Waals surface area contributed by atoms with E-state index in [0.29, 0.717) is 34.2 Å². The zero-order valence-corrected chi connectivity index (χ0v) is 16.9. The second-order valence-corrected chi connectivity index (χ2v) is 6.91. The number of thiazole rings is 1. The average molecular weight is 417 g/mol. The lowest BCUT2D eigenvalue weighted by Crippen LogP contribution is -2.19. The van der Waals surface area contributed by atoms with Gasteiger partial charge in [-0.1, -0.05) is 17.4 Å². The van der Waals surface area contributed by atoms with Crippen LogP contribution in [0, 0.1) is 10.1 Å². The maximum Gasteiger partial charge on any atom is 0.283 e. The minimum Gasteiger partial charge on any atom is -0.493 e. The number of rotatable bonds is 7. The van der Waals surface area contributed by atoms with Crippen LogP contribution in [0.3, 0.4) is 0 Å². The molecule has 0 saturated heterocycles. The average Bonchev–Trinajstić information content (AvgIpc) is 3.07. The summed E-state index contributed by atoms with van der Waals surface area (Å²) in [5.74, 6) is 0.213.